The molecular formula is C19H23ClFN3OS. The molecule has 1 aromatic heterocycles. The third-order valence-electron chi connectivity index (χ3n) is 4.68. The fraction of sp³-hybridized carbons (Fsp3) is 0.474. The van der Waals surface area contributed by atoms with Crippen LogP contribution in [0.4, 0.5) is 10.1 Å². The summed E-state index contributed by atoms with van der Waals surface area (Å²) < 4.78 is 15.1. The molecule has 4 nitrogen and oxygen atoms in total. The summed E-state index contributed by atoms with van der Waals surface area (Å²) in [5.41, 5.74) is 1.32. The van der Waals surface area contributed by atoms with Gasteiger partial charge in [-0.25, -0.2) is 4.39 Å². The number of carbonyl (C=O) groups is 1. The lowest BCUT2D eigenvalue weighted by Gasteiger charge is -2.09. The van der Waals surface area contributed by atoms with Crippen LogP contribution in [-0.2, 0) is 18.3 Å². The van der Waals surface area contributed by atoms with E-state index in [9.17, 15) is 9.18 Å². The van der Waals surface area contributed by atoms with E-state index in [1.54, 1.807) is 11.3 Å². The highest BCUT2D eigenvalue weighted by Gasteiger charge is 2.13. The molecule has 2 aromatic rings. The van der Waals surface area contributed by atoms with E-state index in [2.05, 4.69) is 5.32 Å². The molecule has 3 rings (SSSR count). The lowest BCUT2D eigenvalue weighted by atomic mass is 10.1. The van der Waals surface area contributed by atoms with E-state index in [1.165, 1.54) is 43.9 Å². The van der Waals surface area contributed by atoms with Gasteiger partial charge in [0.25, 0.3) is 0 Å². The Hall–Kier alpha value is -1.66. The zero-order chi connectivity index (χ0) is 18.5. The Morgan fingerprint density at radius 2 is 2.08 bits per heavy atom. The Balaban J connectivity index is 1.68. The third-order valence-corrected chi connectivity index (χ3v) is 5.98. The number of thiazole rings is 1. The lowest BCUT2D eigenvalue weighted by molar-refractivity contribution is -0.115. The summed E-state index contributed by atoms with van der Waals surface area (Å²) in [5, 5.41) is 4.90. The van der Waals surface area contributed by atoms with Crippen LogP contribution in [0.25, 0.3) is 0 Å². The Bertz CT molecular complexity index is 838. The van der Waals surface area contributed by atoms with Gasteiger partial charge in [-0.15, -0.1) is 11.3 Å². The molecule has 0 unspecified atom stereocenters. The van der Waals surface area contributed by atoms with Gasteiger partial charge in [-0.05, 0) is 31.0 Å². The number of nitrogens with one attached hydrogen (secondary N) is 1. The first-order valence-corrected chi connectivity index (χ1v) is 10.2. The van der Waals surface area contributed by atoms with E-state index >= 15 is 0 Å². The lowest BCUT2D eigenvalue weighted by Crippen LogP contribution is -2.21. The molecule has 1 saturated carbocycles. The molecule has 1 aliphatic rings. The topological polar surface area (TPSA) is 46.4 Å². The molecule has 1 aromatic carbocycles. The zero-order valence-electron chi connectivity index (χ0n) is 14.8. The first-order valence-electron chi connectivity index (χ1n) is 8.95. The largest absolute Gasteiger partial charge is 0.324 e. The average molecular weight is 396 g/mol. The van der Waals surface area contributed by atoms with Crippen LogP contribution in [0.5, 0.6) is 0 Å². The smallest absolute Gasteiger partial charge is 0.230 e. The molecule has 0 saturated heterocycles. The summed E-state index contributed by atoms with van der Waals surface area (Å²) >= 11 is 7.53. The van der Waals surface area contributed by atoms with Crippen molar-refractivity contribution in [3.05, 3.63) is 44.9 Å². The van der Waals surface area contributed by atoms with Crippen LogP contribution < -0.4 is 10.1 Å². The van der Waals surface area contributed by atoms with Gasteiger partial charge in [0.2, 0.25) is 5.91 Å². The van der Waals surface area contributed by atoms with E-state index in [0.717, 1.165) is 23.3 Å². The maximum Gasteiger partial charge on any atom is 0.230 e. The SMILES string of the molecule is Cn1c(CC(=O)Nc2ccc(F)cc2Cl)csc1=NC1CCCCCC1. The second kappa shape index (κ2) is 8.82. The minimum absolute atomic E-state index is 0.187. The Morgan fingerprint density at radius 3 is 2.77 bits per heavy atom. The van der Waals surface area contributed by atoms with Crippen molar-refractivity contribution >= 4 is 34.5 Å². The maximum absolute atomic E-state index is 13.1. The molecule has 7 heteroatoms. The zero-order valence-corrected chi connectivity index (χ0v) is 16.4. The van der Waals surface area contributed by atoms with Gasteiger partial charge in [-0.1, -0.05) is 37.3 Å². The van der Waals surface area contributed by atoms with Gasteiger partial charge in [-0.2, -0.15) is 0 Å². The highest BCUT2D eigenvalue weighted by atomic mass is 35.5. The van der Waals surface area contributed by atoms with Crippen molar-refractivity contribution in [3.63, 3.8) is 0 Å². The van der Waals surface area contributed by atoms with E-state index in [0.29, 0.717) is 11.7 Å². The molecule has 0 spiro atoms. The van der Waals surface area contributed by atoms with Gasteiger partial charge in [0, 0.05) is 18.1 Å². The van der Waals surface area contributed by atoms with Gasteiger partial charge in [0.15, 0.2) is 4.80 Å². The molecule has 0 radical (unpaired) electrons. The fourth-order valence-corrected chi connectivity index (χ4v) is 4.35. The number of hydrogen-bond acceptors (Lipinski definition) is 3. The molecule has 140 valence electrons. The minimum Gasteiger partial charge on any atom is -0.324 e. The summed E-state index contributed by atoms with van der Waals surface area (Å²) in [5.74, 6) is -0.616. The highest BCUT2D eigenvalue weighted by Crippen LogP contribution is 2.23. The number of hydrogen-bond donors (Lipinski definition) is 1. The third kappa shape index (κ3) is 4.95. The van der Waals surface area contributed by atoms with E-state index in [1.807, 2.05) is 17.0 Å². The van der Waals surface area contributed by atoms with Crippen molar-refractivity contribution in [2.24, 2.45) is 12.0 Å². The standard InChI is InChI=1S/C19H23ClFN3OS/c1-24-15(11-18(25)23-17-9-8-13(21)10-16(17)20)12-26-19(24)22-14-6-4-2-3-5-7-14/h8-10,12,14H,2-7,11H2,1H3,(H,23,25). The molecule has 1 amide bonds. The Kier molecular flexibility index (Phi) is 6.48. The summed E-state index contributed by atoms with van der Waals surface area (Å²) in [7, 11) is 1.94. The normalized spacial score (nSPS) is 16.5. The van der Waals surface area contributed by atoms with Gasteiger partial charge >= 0.3 is 0 Å². The quantitative estimate of drug-likeness (QED) is 0.750. The van der Waals surface area contributed by atoms with Crippen LogP contribution in [0.3, 0.4) is 0 Å². The number of rotatable bonds is 4. The highest BCUT2D eigenvalue weighted by molar-refractivity contribution is 7.07. The summed E-state index contributed by atoms with van der Waals surface area (Å²) in [6.07, 6.45) is 7.63. The van der Waals surface area contributed by atoms with Crippen LogP contribution in [0, 0.1) is 5.82 Å². The van der Waals surface area contributed by atoms with E-state index < -0.39 is 5.82 Å². The Morgan fingerprint density at radius 1 is 1.35 bits per heavy atom. The summed E-state index contributed by atoms with van der Waals surface area (Å²) in [6.45, 7) is 0. The second-order valence-electron chi connectivity index (χ2n) is 6.69. The van der Waals surface area contributed by atoms with Crippen LogP contribution >= 0.6 is 22.9 Å². The van der Waals surface area contributed by atoms with Crippen molar-refractivity contribution in [3.8, 4) is 0 Å². The van der Waals surface area contributed by atoms with Gasteiger partial charge < -0.3 is 9.88 Å². The first-order chi connectivity index (χ1) is 12.5. The number of amides is 1. The molecule has 0 bridgehead atoms. The van der Waals surface area contributed by atoms with Crippen molar-refractivity contribution in [1.82, 2.24) is 4.57 Å². The van der Waals surface area contributed by atoms with E-state index in [-0.39, 0.29) is 17.4 Å². The molecule has 1 heterocycles. The predicted molar refractivity (Wildman–Crippen MR) is 104 cm³/mol. The maximum atomic E-state index is 13.1. The van der Waals surface area contributed by atoms with Crippen LogP contribution in [-0.4, -0.2) is 16.5 Å². The number of carbonyl (C=O) groups excluding carboxylic acids is 1. The van der Waals surface area contributed by atoms with Crippen LogP contribution in [0.2, 0.25) is 5.02 Å². The Labute approximate surface area is 161 Å². The number of halogens is 2. The molecule has 26 heavy (non-hydrogen) atoms. The first kappa shape index (κ1) is 19.1. The molecule has 1 N–H and O–H groups in total. The van der Waals surface area contributed by atoms with E-state index in [4.69, 9.17) is 16.6 Å². The minimum atomic E-state index is -0.429. The summed E-state index contributed by atoms with van der Waals surface area (Å²) in [4.78, 5) is 18.2. The van der Waals surface area contributed by atoms with Crippen LogP contribution in [0.1, 0.15) is 44.2 Å². The number of nitrogens with zero attached hydrogens (tertiary/aromatic N) is 2. The van der Waals surface area contributed by atoms with Crippen molar-refractivity contribution in [2.45, 2.75) is 51.0 Å². The molecule has 0 atom stereocenters. The molecular weight excluding hydrogens is 373 g/mol. The van der Waals surface area contributed by atoms with Crippen molar-refractivity contribution in [1.29, 1.82) is 0 Å². The second-order valence-corrected chi connectivity index (χ2v) is 7.94. The van der Waals surface area contributed by atoms with Gasteiger partial charge in [-0.3, -0.25) is 9.79 Å². The van der Waals surface area contributed by atoms with Crippen molar-refractivity contribution in [2.75, 3.05) is 5.32 Å². The van der Waals surface area contributed by atoms with Crippen molar-refractivity contribution < 1.29 is 9.18 Å². The number of aromatic nitrogens is 1. The van der Waals surface area contributed by atoms with Gasteiger partial charge in [0.1, 0.15) is 5.82 Å². The molecule has 0 aliphatic heterocycles. The van der Waals surface area contributed by atoms with Crippen LogP contribution in [0.15, 0.2) is 28.6 Å². The average Bonchev–Trinajstić information content (AvgIpc) is 2.80. The fourth-order valence-electron chi connectivity index (χ4n) is 3.17. The molecule has 1 fully saturated rings. The number of benzene rings is 1. The summed E-state index contributed by atoms with van der Waals surface area (Å²) in [6, 6.07) is 4.32. The predicted octanol–water partition coefficient (Wildman–Crippen LogP) is 4.68. The molecule has 1 aliphatic carbocycles. The van der Waals surface area contributed by atoms with Gasteiger partial charge in [0.05, 0.1) is 23.2 Å². The monoisotopic (exact) mass is 395 g/mol. The number of anilines is 1.